The number of aliphatic hydroxyl groups is 1. The number of hydrogen-bond donors (Lipinski definition) is 1. The van der Waals surface area contributed by atoms with Crippen LogP contribution in [0.15, 0.2) is 60.7 Å². The minimum absolute atomic E-state index is 0.380. The van der Waals surface area contributed by atoms with Gasteiger partial charge in [-0.3, -0.25) is 4.57 Å². The van der Waals surface area contributed by atoms with Crippen molar-refractivity contribution in [1.82, 2.24) is 0 Å². The number of hydrogen-bond acceptors (Lipinski definition) is 4. The summed E-state index contributed by atoms with van der Waals surface area (Å²) in [5, 5.41) is 10.6. The lowest BCUT2D eigenvalue weighted by Gasteiger charge is -2.28. The van der Waals surface area contributed by atoms with Crippen molar-refractivity contribution >= 4 is 7.60 Å². The molecule has 0 saturated heterocycles. The summed E-state index contributed by atoms with van der Waals surface area (Å²) in [5.74, 6) is -1.61. The second-order valence-electron chi connectivity index (χ2n) is 5.03. The molecule has 2 aromatic carbocycles. The van der Waals surface area contributed by atoms with Crippen molar-refractivity contribution in [3.63, 3.8) is 0 Å². The van der Waals surface area contributed by atoms with Crippen LogP contribution in [0, 0.1) is 0 Å². The Morgan fingerprint density at radius 2 is 1.45 bits per heavy atom. The standard InChI is InChI=1S/C17H21O4P/c1-20-22(19,21-2)17(18)16(15-11-7-4-8-12-15)13-14-9-5-3-6-10-14/h3-12,16-18H,13H2,1-2H3. The molecule has 0 amide bonds. The molecule has 0 saturated carbocycles. The summed E-state index contributed by atoms with van der Waals surface area (Å²) < 4.78 is 22.5. The van der Waals surface area contributed by atoms with Gasteiger partial charge in [0, 0.05) is 20.1 Å². The SMILES string of the molecule is COP(=O)(OC)C(O)C(Cc1ccccc1)c1ccccc1. The first-order chi connectivity index (χ1) is 10.6. The molecule has 0 radical (unpaired) electrons. The molecule has 0 aliphatic rings. The predicted octanol–water partition coefficient (Wildman–Crippen LogP) is 3.82. The Kier molecular flexibility index (Phi) is 5.92. The van der Waals surface area contributed by atoms with Gasteiger partial charge in [0.05, 0.1) is 0 Å². The Labute approximate surface area is 131 Å². The number of benzene rings is 2. The van der Waals surface area contributed by atoms with Crippen LogP contribution < -0.4 is 0 Å². The van der Waals surface area contributed by atoms with Gasteiger partial charge in [0.15, 0.2) is 5.85 Å². The third-order valence-electron chi connectivity index (χ3n) is 3.72. The summed E-state index contributed by atoms with van der Waals surface area (Å²) in [6.07, 6.45) is 0.544. The van der Waals surface area contributed by atoms with Gasteiger partial charge >= 0.3 is 7.60 Å². The maximum Gasteiger partial charge on any atom is 0.358 e. The zero-order valence-electron chi connectivity index (χ0n) is 12.8. The lowest BCUT2D eigenvalue weighted by atomic mass is 9.92. The Morgan fingerprint density at radius 1 is 0.955 bits per heavy atom. The van der Waals surface area contributed by atoms with Gasteiger partial charge in [-0.25, -0.2) is 0 Å². The molecule has 0 aromatic heterocycles. The van der Waals surface area contributed by atoms with Crippen LogP contribution in [0.5, 0.6) is 0 Å². The highest BCUT2D eigenvalue weighted by molar-refractivity contribution is 7.54. The van der Waals surface area contributed by atoms with E-state index in [4.69, 9.17) is 9.05 Å². The van der Waals surface area contributed by atoms with Gasteiger partial charge in [0.1, 0.15) is 0 Å². The third kappa shape index (κ3) is 3.84. The highest BCUT2D eigenvalue weighted by Crippen LogP contribution is 2.55. The second kappa shape index (κ2) is 7.70. The van der Waals surface area contributed by atoms with Gasteiger partial charge in [-0.2, -0.15) is 0 Å². The van der Waals surface area contributed by atoms with Crippen LogP contribution in [0.4, 0.5) is 0 Å². The molecule has 0 heterocycles. The van der Waals surface area contributed by atoms with E-state index >= 15 is 0 Å². The Bertz CT molecular complexity index is 607. The summed E-state index contributed by atoms with van der Waals surface area (Å²) in [6, 6.07) is 19.3. The molecule has 0 aliphatic carbocycles. The molecule has 0 bridgehead atoms. The molecule has 118 valence electrons. The van der Waals surface area contributed by atoms with E-state index in [1.165, 1.54) is 14.2 Å². The first-order valence-corrected chi connectivity index (χ1v) is 8.70. The van der Waals surface area contributed by atoms with E-state index in [9.17, 15) is 9.67 Å². The molecular weight excluding hydrogens is 299 g/mol. The minimum Gasteiger partial charge on any atom is -0.380 e. The molecule has 22 heavy (non-hydrogen) atoms. The van der Waals surface area contributed by atoms with E-state index in [2.05, 4.69) is 0 Å². The summed E-state index contributed by atoms with van der Waals surface area (Å²) in [5.41, 5.74) is 1.95. The molecule has 0 aliphatic heterocycles. The van der Waals surface area contributed by atoms with Crippen LogP contribution in [0.25, 0.3) is 0 Å². The van der Waals surface area contributed by atoms with Crippen LogP contribution >= 0.6 is 7.60 Å². The van der Waals surface area contributed by atoms with E-state index in [1.54, 1.807) is 0 Å². The van der Waals surface area contributed by atoms with E-state index < -0.39 is 13.4 Å². The minimum atomic E-state index is -3.58. The third-order valence-corrected chi connectivity index (χ3v) is 5.74. The Morgan fingerprint density at radius 3 is 1.95 bits per heavy atom. The van der Waals surface area contributed by atoms with Crippen molar-refractivity contribution in [3.8, 4) is 0 Å². The van der Waals surface area contributed by atoms with Crippen molar-refractivity contribution in [2.45, 2.75) is 18.2 Å². The van der Waals surface area contributed by atoms with E-state index in [1.807, 2.05) is 60.7 Å². The normalized spacial score (nSPS) is 14.5. The fraction of sp³-hybridized carbons (Fsp3) is 0.294. The smallest absolute Gasteiger partial charge is 0.358 e. The first-order valence-electron chi connectivity index (χ1n) is 7.09. The Balaban J connectivity index is 2.36. The highest BCUT2D eigenvalue weighted by atomic mass is 31.2. The molecule has 0 spiro atoms. The summed E-state index contributed by atoms with van der Waals surface area (Å²) in [4.78, 5) is 0. The molecule has 2 aromatic rings. The molecular formula is C17H21O4P. The van der Waals surface area contributed by atoms with Crippen LogP contribution in [0.1, 0.15) is 17.0 Å². The fourth-order valence-electron chi connectivity index (χ4n) is 2.47. The van der Waals surface area contributed by atoms with Gasteiger partial charge in [-0.05, 0) is 17.5 Å². The zero-order chi connectivity index (χ0) is 16.0. The van der Waals surface area contributed by atoms with Gasteiger partial charge in [0.2, 0.25) is 0 Å². The van der Waals surface area contributed by atoms with Crippen molar-refractivity contribution in [2.24, 2.45) is 0 Å². The van der Waals surface area contributed by atoms with Crippen LogP contribution in [-0.4, -0.2) is 25.2 Å². The van der Waals surface area contributed by atoms with Crippen LogP contribution in [-0.2, 0) is 20.0 Å². The van der Waals surface area contributed by atoms with Gasteiger partial charge in [-0.15, -0.1) is 0 Å². The van der Waals surface area contributed by atoms with E-state index in [0.29, 0.717) is 6.42 Å². The molecule has 2 unspecified atom stereocenters. The largest absolute Gasteiger partial charge is 0.380 e. The average molecular weight is 320 g/mol. The molecule has 4 nitrogen and oxygen atoms in total. The molecule has 5 heteroatoms. The highest BCUT2D eigenvalue weighted by Gasteiger charge is 2.39. The van der Waals surface area contributed by atoms with E-state index in [0.717, 1.165) is 11.1 Å². The lowest BCUT2D eigenvalue weighted by molar-refractivity contribution is 0.153. The van der Waals surface area contributed by atoms with Gasteiger partial charge in [0.25, 0.3) is 0 Å². The maximum atomic E-state index is 12.6. The lowest BCUT2D eigenvalue weighted by Crippen LogP contribution is -2.22. The molecule has 2 atom stereocenters. The first kappa shape index (κ1) is 16.9. The van der Waals surface area contributed by atoms with Crippen molar-refractivity contribution < 1.29 is 18.7 Å². The molecule has 2 rings (SSSR count). The summed E-state index contributed by atoms with van der Waals surface area (Å²) in [7, 11) is -0.996. The monoisotopic (exact) mass is 320 g/mol. The van der Waals surface area contributed by atoms with Crippen LogP contribution in [0.2, 0.25) is 0 Å². The maximum absolute atomic E-state index is 12.6. The fourth-order valence-corrected chi connectivity index (χ4v) is 3.77. The zero-order valence-corrected chi connectivity index (χ0v) is 13.6. The number of aliphatic hydroxyl groups excluding tert-OH is 1. The van der Waals surface area contributed by atoms with Crippen molar-refractivity contribution in [2.75, 3.05) is 14.2 Å². The quantitative estimate of drug-likeness (QED) is 0.788. The van der Waals surface area contributed by atoms with Gasteiger partial charge < -0.3 is 14.2 Å². The Hall–Kier alpha value is -1.45. The molecule has 1 N–H and O–H groups in total. The molecule has 0 fully saturated rings. The second-order valence-corrected chi connectivity index (χ2v) is 7.36. The topological polar surface area (TPSA) is 55.8 Å². The predicted molar refractivity (Wildman–Crippen MR) is 87.0 cm³/mol. The average Bonchev–Trinajstić information content (AvgIpc) is 2.60. The number of rotatable bonds is 7. The summed E-state index contributed by atoms with van der Waals surface area (Å²) >= 11 is 0. The van der Waals surface area contributed by atoms with Gasteiger partial charge in [-0.1, -0.05) is 60.7 Å². The van der Waals surface area contributed by atoms with Crippen LogP contribution in [0.3, 0.4) is 0 Å². The summed E-state index contributed by atoms with van der Waals surface area (Å²) in [6.45, 7) is 0. The van der Waals surface area contributed by atoms with E-state index in [-0.39, 0.29) is 5.92 Å². The van der Waals surface area contributed by atoms with Crippen molar-refractivity contribution in [3.05, 3.63) is 71.8 Å². The van der Waals surface area contributed by atoms with Crippen molar-refractivity contribution in [1.29, 1.82) is 0 Å².